The number of carbonyl (C=O) groups is 1. The number of halogens is 4. The fourth-order valence-electron chi connectivity index (χ4n) is 4.54. The van der Waals surface area contributed by atoms with Crippen molar-refractivity contribution in [1.29, 1.82) is 0 Å². The molecule has 0 bridgehead atoms. The summed E-state index contributed by atoms with van der Waals surface area (Å²) in [6.45, 7) is 0. The molecule has 0 aliphatic rings. The summed E-state index contributed by atoms with van der Waals surface area (Å²) in [5, 5.41) is 41.2. The number of hydrogen-bond donors (Lipinski definition) is 4. The first-order valence-electron chi connectivity index (χ1n) is 11.5. The predicted molar refractivity (Wildman–Crippen MR) is 130 cm³/mol. The third-order valence-corrected chi connectivity index (χ3v) is 6.18. The second kappa shape index (κ2) is 10.8. The van der Waals surface area contributed by atoms with E-state index in [9.17, 15) is 42.8 Å². The van der Waals surface area contributed by atoms with Gasteiger partial charge in [-0.1, -0.05) is 0 Å². The molecule has 0 aliphatic heterocycles. The van der Waals surface area contributed by atoms with E-state index in [-0.39, 0.29) is 46.6 Å². The van der Waals surface area contributed by atoms with Crippen LogP contribution in [0, 0.1) is 23.3 Å². The highest BCUT2D eigenvalue weighted by Gasteiger charge is 2.34. The number of phenolic OH excluding ortho intramolecular Hbond substituents is 4. The lowest BCUT2D eigenvalue weighted by Gasteiger charge is -2.25. The largest absolute Gasteiger partial charge is 0.508 e. The van der Waals surface area contributed by atoms with Crippen molar-refractivity contribution in [3.05, 3.63) is 118 Å². The molecule has 0 spiro atoms. The zero-order valence-electron chi connectivity index (χ0n) is 19.7. The third-order valence-electron chi connectivity index (χ3n) is 6.18. The van der Waals surface area contributed by atoms with Crippen LogP contribution in [0.5, 0.6) is 23.0 Å². The van der Waals surface area contributed by atoms with Gasteiger partial charge in [0, 0.05) is 23.3 Å². The fraction of sp³-hybridized carbons (Fsp3) is 0.138. The SMILES string of the molecule is O=C(C(Cc1cc(F)cc(F)c1)c1cc(O)ccc1O)C(Cc1cc(F)cc(F)c1)c1cc(O)ccc1O. The molecule has 196 valence electrons. The van der Waals surface area contributed by atoms with Crippen LogP contribution in [0.3, 0.4) is 0 Å². The average molecular weight is 526 g/mol. The molecule has 0 amide bonds. The summed E-state index contributed by atoms with van der Waals surface area (Å²) in [6, 6.07) is 12.2. The monoisotopic (exact) mass is 526 g/mol. The van der Waals surface area contributed by atoms with Gasteiger partial charge in [0.15, 0.2) is 0 Å². The molecular weight excluding hydrogens is 504 g/mol. The topological polar surface area (TPSA) is 98.0 Å². The molecule has 0 heterocycles. The lowest BCUT2D eigenvalue weighted by atomic mass is 9.77. The molecule has 5 nitrogen and oxygen atoms in total. The molecule has 0 saturated heterocycles. The molecule has 0 saturated carbocycles. The summed E-state index contributed by atoms with van der Waals surface area (Å²) < 4.78 is 55.9. The summed E-state index contributed by atoms with van der Waals surface area (Å²) in [5.41, 5.74) is -0.0389. The van der Waals surface area contributed by atoms with Crippen molar-refractivity contribution >= 4 is 5.78 Å². The minimum atomic E-state index is -1.34. The van der Waals surface area contributed by atoms with E-state index in [0.717, 1.165) is 48.5 Å². The number of hydrogen-bond acceptors (Lipinski definition) is 5. The number of carbonyl (C=O) groups excluding carboxylic acids is 1. The lowest BCUT2D eigenvalue weighted by Crippen LogP contribution is -2.25. The van der Waals surface area contributed by atoms with Gasteiger partial charge in [0.1, 0.15) is 52.1 Å². The van der Waals surface area contributed by atoms with E-state index in [0.29, 0.717) is 12.1 Å². The molecule has 2 atom stereocenters. The Balaban J connectivity index is 1.87. The number of rotatable bonds is 8. The van der Waals surface area contributed by atoms with Crippen LogP contribution in [0.4, 0.5) is 17.6 Å². The van der Waals surface area contributed by atoms with Gasteiger partial charge in [0.2, 0.25) is 0 Å². The number of phenols is 4. The molecule has 4 aromatic rings. The number of benzene rings is 4. The van der Waals surface area contributed by atoms with Crippen molar-refractivity contribution in [2.75, 3.05) is 0 Å². The molecule has 38 heavy (non-hydrogen) atoms. The maximum atomic E-state index is 14.2. The van der Waals surface area contributed by atoms with Gasteiger partial charge in [-0.05, 0) is 84.6 Å². The second-order valence-corrected chi connectivity index (χ2v) is 8.96. The Kier molecular flexibility index (Phi) is 7.57. The van der Waals surface area contributed by atoms with Gasteiger partial charge in [0.05, 0.1) is 11.8 Å². The lowest BCUT2D eigenvalue weighted by molar-refractivity contribution is -0.122. The first-order chi connectivity index (χ1) is 18.0. The van der Waals surface area contributed by atoms with Crippen LogP contribution in [0.1, 0.15) is 34.1 Å². The maximum absolute atomic E-state index is 14.2. The van der Waals surface area contributed by atoms with Gasteiger partial charge in [-0.3, -0.25) is 4.79 Å². The first kappa shape index (κ1) is 26.5. The van der Waals surface area contributed by atoms with Crippen LogP contribution in [0.15, 0.2) is 72.8 Å². The highest BCUT2D eigenvalue weighted by Crippen LogP contribution is 2.40. The van der Waals surface area contributed by atoms with E-state index in [4.69, 9.17) is 0 Å². The van der Waals surface area contributed by atoms with E-state index in [1.807, 2.05) is 0 Å². The number of ketones is 1. The number of aromatic hydroxyl groups is 4. The van der Waals surface area contributed by atoms with Crippen LogP contribution < -0.4 is 0 Å². The van der Waals surface area contributed by atoms with Gasteiger partial charge >= 0.3 is 0 Å². The highest BCUT2D eigenvalue weighted by molar-refractivity contribution is 5.93. The van der Waals surface area contributed by atoms with Gasteiger partial charge in [-0.2, -0.15) is 0 Å². The molecule has 0 fully saturated rings. The first-order valence-corrected chi connectivity index (χ1v) is 11.5. The van der Waals surface area contributed by atoms with E-state index in [1.54, 1.807) is 0 Å². The van der Waals surface area contributed by atoms with Crippen molar-refractivity contribution in [1.82, 2.24) is 0 Å². The maximum Gasteiger partial charge on any atom is 0.148 e. The summed E-state index contributed by atoms with van der Waals surface area (Å²) in [5.74, 6) is -8.39. The van der Waals surface area contributed by atoms with Crippen molar-refractivity contribution in [2.45, 2.75) is 24.7 Å². The Morgan fingerprint density at radius 1 is 0.553 bits per heavy atom. The number of Topliss-reactive ketones (excluding diaryl/α,β-unsaturated/α-hetero) is 1. The molecule has 0 aromatic heterocycles. The Labute approximate surface area is 214 Å². The summed E-state index contributed by atoms with van der Waals surface area (Å²) in [4.78, 5) is 14.2. The van der Waals surface area contributed by atoms with Crippen molar-refractivity contribution in [3.8, 4) is 23.0 Å². The van der Waals surface area contributed by atoms with E-state index < -0.39 is 52.4 Å². The third kappa shape index (κ3) is 6.05. The minimum absolute atomic E-state index is 0.0549. The summed E-state index contributed by atoms with van der Waals surface area (Å²) >= 11 is 0. The Hall–Kier alpha value is -4.53. The zero-order chi connectivity index (χ0) is 27.6. The minimum Gasteiger partial charge on any atom is -0.508 e. The van der Waals surface area contributed by atoms with Crippen LogP contribution in [-0.4, -0.2) is 26.2 Å². The Morgan fingerprint density at radius 2 is 0.895 bits per heavy atom. The van der Waals surface area contributed by atoms with Crippen LogP contribution in [-0.2, 0) is 17.6 Å². The molecule has 9 heteroatoms. The van der Waals surface area contributed by atoms with Gasteiger partial charge in [-0.25, -0.2) is 17.6 Å². The van der Waals surface area contributed by atoms with E-state index in [2.05, 4.69) is 0 Å². The quantitative estimate of drug-likeness (QED) is 0.167. The van der Waals surface area contributed by atoms with Crippen LogP contribution >= 0.6 is 0 Å². The van der Waals surface area contributed by atoms with Crippen molar-refractivity contribution in [2.24, 2.45) is 0 Å². The Morgan fingerprint density at radius 3 is 1.24 bits per heavy atom. The van der Waals surface area contributed by atoms with Gasteiger partial charge < -0.3 is 20.4 Å². The average Bonchev–Trinajstić information content (AvgIpc) is 2.83. The second-order valence-electron chi connectivity index (χ2n) is 8.96. The molecule has 0 aliphatic carbocycles. The predicted octanol–water partition coefficient (Wildman–Crippen LogP) is 5.99. The molecule has 0 radical (unpaired) electrons. The van der Waals surface area contributed by atoms with Gasteiger partial charge in [-0.15, -0.1) is 0 Å². The summed E-state index contributed by atoms with van der Waals surface area (Å²) in [6.07, 6.45) is -0.670. The molecule has 4 rings (SSSR count). The summed E-state index contributed by atoms with van der Waals surface area (Å²) in [7, 11) is 0. The normalized spacial score (nSPS) is 12.7. The standard InChI is InChI=1S/C29H22F4O5/c30-17-5-15(6-18(31)11-17)9-25(23-13-21(34)1-3-27(23)36)29(38)26(24-14-22(35)2-4-28(24)37)10-16-7-19(32)12-20(33)8-16/h1-8,11-14,25-26,34-37H,9-10H2. The molecule has 4 N–H and O–H groups in total. The van der Waals surface area contributed by atoms with Crippen LogP contribution in [0.25, 0.3) is 0 Å². The Bertz CT molecular complexity index is 1350. The fourth-order valence-corrected chi connectivity index (χ4v) is 4.54. The van der Waals surface area contributed by atoms with Crippen LogP contribution in [0.2, 0.25) is 0 Å². The zero-order valence-corrected chi connectivity index (χ0v) is 19.7. The van der Waals surface area contributed by atoms with Crippen molar-refractivity contribution < 1.29 is 42.8 Å². The van der Waals surface area contributed by atoms with Gasteiger partial charge in [0.25, 0.3) is 0 Å². The molecule has 2 unspecified atom stereocenters. The molecular formula is C29H22F4O5. The van der Waals surface area contributed by atoms with E-state index >= 15 is 0 Å². The van der Waals surface area contributed by atoms with Crippen molar-refractivity contribution in [3.63, 3.8) is 0 Å². The highest BCUT2D eigenvalue weighted by atomic mass is 19.1. The molecule has 4 aromatic carbocycles. The smallest absolute Gasteiger partial charge is 0.148 e. The van der Waals surface area contributed by atoms with E-state index in [1.165, 1.54) is 12.1 Å².